The van der Waals surface area contributed by atoms with Crippen LogP contribution in [-0.2, 0) is 13.1 Å². The zero-order valence-corrected chi connectivity index (χ0v) is 19.8. The molecule has 1 aromatic heterocycles. The van der Waals surface area contributed by atoms with Crippen molar-refractivity contribution in [3.8, 4) is 0 Å². The molecule has 0 saturated carbocycles. The number of carbonyl (C=O) groups excluding carboxylic acids is 2. The molecule has 0 unspecified atom stereocenters. The van der Waals surface area contributed by atoms with Gasteiger partial charge in [0.2, 0.25) is 0 Å². The Labute approximate surface area is 194 Å². The van der Waals surface area contributed by atoms with Gasteiger partial charge in [-0.3, -0.25) is 9.69 Å². The number of aryl methyl sites for hydroxylation is 2. The molecule has 0 radical (unpaired) electrons. The highest BCUT2D eigenvalue weighted by Gasteiger charge is 2.23. The number of piperazine rings is 1. The van der Waals surface area contributed by atoms with Crippen molar-refractivity contribution in [2.45, 2.75) is 26.9 Å². The van der Waals surface area contributed by atoms with Gasteiger partial charge in [-0.25, -0.2) is 9.78 Å². The first-order valence-electron chi connectivity index (χ1n) is 11.4. The van der Waals surface area contributed by atoms with E-state index in [0.29, 0.717) is 25.2 Å². The zero-order valence-electron chi connectivity index (χ0n) is 19.8. The molecule has 0 bridgehead atoms. The van der Waals surface area contributed by atoms with Crippen molar-refractivity contribution >= 4 is 28.7 Å². The number of aromatic nitrogens is 2. The van der Waals surface area contributed by atoms with E-state index in [0.717, 1.165) is 42.2 Å². The lowest BCUT2D eigenvalue weighted by Crippen LogP contribution is -2.49. The Morgan fingerprint density at radius 2 is 1.73 bits per heavy atom. The summed E-state index contributed by atoms with van der Waals surface area (Å²) in [6.07, 6.45) is 0. The number of benzene rings is 2. The van der Waals surface area contributed by atoms with Crippen molar-refractivity contribution in [3.63, 3.8) is 0 Å². The molecule has 2 heterocycles. The minimum Gasteiger partial charge on any atom is -0.345 e. The average Bonchev–Trinajstić information content (AvgIpc) is 3.16. The van der Waals surface area contributed by atoms with Crippen LogP contribution in [0.4, 0.5) is 10.5 Å². The first-order chi connectivity index (χ1) is 15.9. The summed E-state index contributed by atoms with van der Waals surface area (Å²) >= 11 is 0. The third kappa shape index (κ3) is 5.01. The molecule has 33 heavy (non-hydrogen) atoms. The molecule has 1 fully saturated rings. The fourth-order valence-electron chi connectivity index (χ4n) is 4.19. The SMILES string of the molecule is CCn1c(CN2CCN(C(=O)Nc3ccc(C)cc3)CC2)nc2cc(C(=O)N(C)C)ccc21. The second-order valence-electron chi connectivity index (χ2n) is 8.73. The quantitative estimate of drug-likeness (QED) is 0.649. The number of imidazole rings is 1. The van der Waals surface area contributed by atoms with E-state index in [2.05, 4.69) is 21.7 Å². The molecule has 8 heteroatoms. The fraction of sp³-hybridized carbons (Fsp3) is 0.400. The first-order valence-corrected chi connectivity index (χ1v) is 11.4. The highest BCUT2D eigenvalue weighted by atomic mass is 16.2. The number of amides is 3. The van der Waals surface area contributed by atoms with Crippen LogP contribution >= 0.6 is 0 Å². The van der Waals surface area contributed by atoms with E-state index in [9.17, 15) is 9.59 Å². The van der Waals surface area contributed by atoms with Crippen LogP contribution in [0.2, 0.25) is 0 Å². The molecular formula is C25H32N6O2. The highest BCUT2D eigenvalue weighted by Crippen LogP contribution is 2.21. The summed E-state index contributed by atoms with van der Waals surface area (Å²) in [5.41, 5.74) is 4.51. The van der Waals surface area contributed by atoms with Gasteiger partial charge in [0.25, 0.3) is 5.91 Å². The third-order valence-electron chi connectivity index (χ3n) is 6.12. The Hall–Kier alpha value is -3.39. The number of nitrogens with zero attached hydrogens (tertiary/aromatic N) is 5. The maximum atomic E-state index is 12.6. The van der Waals surface area contributed by atoms with Crippen molar-refractivity contribution in [1.82, 2.24) is 24.3 Å². The monoisotopic (exact) mass is 448 g/mol. The van der Waals surface area contributed by atoms with Gasteiger partial charge in [-0.1, -0.05) is 17.7 Å². The Kier molecular flexibility index (Phi) is 6.65. The maximum Gasteiger partial charge on any atom is 0.321 e. The summed E-state index contributed by atoms with van der Waals surface area (Å²) in [5.74, 6) is 0.962. The second-order valence-corrected chi connectivity index (χ2v) is 8.73. The van der Waals surface area contributed by atoms with Crippen molar-refractivity contribution in [1.29, 1.82) is 0 Å². The number of hydrogen-bond acceptors (Lipinski definition) is 4. The second kappa shape index (κ2) is 9.62. The molecule has 0 aliphatic carbocycles. The Bertz CT molecular complexity index is 1140. The van der Waals surface area contributed by atoms with Crippen LogP contribution in [0.5, 0.6) is 0 Å². The molecule has 4 rings (SSSR count). The summed E-state index contributed by atoms with van der Waals surface area (Å²) in [7, 11) is 3.51. The summed E-state index contributed by atoms with van der Waals surface area (Å²) in [6, 6.07) is 13.5. The van der Waals surface area contributed by atoms with Crippen molar-refractivity contribution in [2.75, 3.05) is 45.6 Å². The predicted molar refractivity (Wildman–Crippen MR) is 130 cm³/mol. The minimum atomic E-state index is -0.0580. The van der Waals surface area contributed by atoms with Crippen LogP contribution in [-0.4, -0.2) is 76.5 Å². The van der Waals surface area contributed by atoms with Gasteiger partial charge >= 0.3 is 6.03 Å². The lowest BCUT2D eigenvalue weighted by Gasteiger charge is -2.34. The van der Waals surface area contributed by atoms with Crippen LogP contribution in [0, 0.1) is 6.92 Å². The predicted octanol–water partition coefficient (Wildman–Crippen LogP) is 3.42. The smallest absolute Gasteiger partial charge is 0.321 e. The lowest BCUT2D eigenvalue weighted by atomic mass is 10.2. The number of urea groups is 1. The van der Waals surface area contributed by atoms with E-state index >= 15 is 0 Å². The fourth-order valence-corrected chi connectivity index (χ4v) is 4.19. The lowest BCUT2D eigenvalue weighted by molar-refractivity contribution is 0.0827. The maximum absolute atomic E-state index is 12.6. The molecule has 8 nitrogen and oxygen atoms in total. The van der Waals surface area contributed by atoms with Gasteiger partial charge in [0.1, 0.15) is 5.82 Å². The van der Waals surface area contributed by atoms with Gasteiger partial charge in [-0.05, 0) is 44.2 Å². The van der Waals surface area contributed by atoms with E-state index in [4.69, 9.17) is 4.98 Å². The molecule has 174 valence electrons. The van der Waals surface area contributed by atoms with Crippen LogP contribution < -0.4 is 5.32 Å². The summed E-state index contributed by atoms with van der Waals surface area (Å²) in [4.78, 5) is 35.6. The molecule has 0 atom stereocenters. The minimum absolute atomic E-state index is 0.0236. The topological polar surface area (TPSA) is 73.7 Å². The molecule has 2 aromatic carbocycles. The Morgan fingerprint density at radius 3 is 2.36 bits per heavy atom. The molecular weight excluding hydrogens is 416 g/mol. The Balaban J connectivity index is 1.40. The largest absolute Gasteiger partial charge is 0.345 e. The van der Waals surface area contributed by atoms with E-state index in [1.165, 1.54) is 5.56 Å². The zero-order chi connectivity index (χ0) is 23.5. The van der Waals surface area contributed by atoms with Gasteiger partial charge in [0.15, 0.2) is 0 Å². The molecule has 0 spiro atoms. The summed E-state index contributed by atoms with van der Waals surface area (Å²) < 4.78 is 2.20. The van der Waals surface area contributed by atoms with Gasteiger partial charge in [-0.2, -0.15) is 0 Å². The summed E-state index contributed by atoms with van der Waals surface area (Å²) in [6.45, 7) is 8.59. The number of nitrogens with one attached hydrogen (secondary N) is 1. The standard InChI is InChI=1S/C25H32N6O2/c1-5-31-22-11-8-19(24(32)28(3)4)16-21(22)27-23(31)17-29-12-14-30(15-13-29)25(33)26-20-9-6-18(2)7-10-20/h6-11,16H,5,12-15,17H2,1-4H3,(H,26,33). The molecule has 1 saturated heterocycles. The van der Waals surface area contributed by atoms with Crippen molar-refractivity contribution in [3.05, 3.63) is 59.4 Å². The van der Waals surface area contributed by atoms with E-state index in [1.807, 2.05) is 54.3 Å². The molecule has 1 N–H and O–H groups in total. The van der Waals surface area contributed by atoms with Crippen molar-refractivity contribution < 1.29 is 9.59 Å². The number of rotatable bonds is 5. The van der Waals surface area contributed by atoms with E-state index in [-0.39, 0.29) is 11.9 Å². The average molecular weight is 449 g/mol. The van der Waals surface area contributed by atoms with Crippen LogP contribution in [0.15, 0.2) is 42.5 Å². The first kappa shape index (κ1) is 22.8. The van der Waals surface area contributed by atoms with E-state index in [1.54, 1.807) is 19.0 Å². The van der Waals surface area contributed by atoms with Gasteiger partial charge < -0.3 is 19.7 Å². The van der Waals surface area contributed by atoms with Crippen LogP contribution in [0.25, 0.3) is 11.0 Å². The number of fused-ring (bicyclic) bond motifs is 1. The Morgan fingerprint density at radius 1 is 1.03 bits per heavy atom. The molecule has 3 aromatic rings. The summed E-state index contributed by atoms with van der Waals surface area (Å²) in [5, 5.41) is 2.98. The van der Waals surface area contributed by atoms with Crippen LogP contribution in [0.1, 0.15) is 28.7 Å². The molecule has 1 aliphatic heterocycles. The molecule has 1 aliphatic rings. The normalized spacial score (nSPS) is 14.5. The van der Waals surface area contributed by atoms with Crippen molar-refractivity contribution in [2.24, 2.45) is 0 Å². The number of anilines is 1. The van der Waals surface area contributed by atoms with Gasteiger partial charge in [0.05, 0.1) is 17.6 Å². The van der Waals surface area contributed by atoms with E-state index < -0.39 is 0 Å². The molecule has 3 amide bonds. The third-order valence-corrected chi connectivity index (χ3v) is 6.12. The van der Waals surface area contributed by atoms with Gasteiger partial charge in [0, 0.05) is 58.1 Å². The van der Waals surface area contributed by atoms with Crippen LogP contribution in [0.3, 0.4) is 0 Å². The highest BCUT2D eigenvalue weighted by molar-refractivity contribution is 5.97. The number of hydrogen-bond donors (Lipinski definition) is 1. The van der Waals surface area contributed by atoms with Gasteiger partial charge in [-0.15, -0.1) is 0 Å². The number of carbonyl (C=O) groups is 2.